The summed E-state index contributed by atoms with van der Waals surface area (Å²) in [7, 11) is 1.97. The number of carboxylic acid groups (broad SMARTS) is 1. The lowest BCUT2D eigenvalue weighted by molar-refractivity contribution is 0.0437. The van der Waals surface area contributed by atoms with Crippen molar-refractivity contribution in [3.63, 3.8) is 0 Å². The van der Waals surface area contributed by atoms with Crippen molar-refractivity contribution in [2.24, 2.45) is 7.05 Å². The highest BCUT2D eigenvalue weighted by atomic mass is 16.5. The number of rotatable bonds is 5. The molecule has 0 bridgehead atoms. The third kappa shape index (κ3) is 3.17. The number of hydrogen-bond donors (Lipinski definition) is 1. The first-order valence-corrected chi connectivity index (χ1v) is 8.16. The highest BCUT2D eigenvalue weighted by Gasteiger charge is 2.24. The number of imidazole rings is 1. The molecule has 1 fully saturated rings. The predicted molar refractivity (Wildman–Crippen MR) is 89.2 cm³/mol. The van der Waals surface area contributed by atoms with E-state index in [0.29, 0.717) is 0 Å². The number of carbonyl (C=O) groups is 1. The van der Waals surface area contributed by atoms with Crippen LogP contribution >= 0.6 is 0 Å². The maximum absolute atomic E-state index is 11.1. The van der Waals surface area contributed by atoms with Crippen LogP contribution in [0.1, 0.15) is 36.5 Å². The van der Waals surface area contributed by atoms with Gasteiger partial charge in [-0.25, -0.2) is 9.78 Å². The zero-order valence-electron chi connectivity index (χ0n) is 13.7. The number of ether oxygens (including phenoxy) is 1. The number of anilines is 1. The molecule has 1 aliphatic heterocycles. The number of aromatic carboxylic acids is 1. The van der Waals surface area contributed by atoms with Gasteiger partial charge in [0.15, 0.2) is 0 Å². The zero-order chi connectivity index (χ0) is 16.4. The van der Waals surface area contributed by atoms with Crippen molar-refractivity contribution in [1.82, 2.24) is 9.55 Å². The van der Waals surface area contributed by atoms with Gasteiger partial charge in [0.1, 0.15) is 0 Å². The molecule has 6 heteroatoms. The zero-order valence-corrected chi connectivity index (χ0v) is 13.7. The van der Waals surface area contributed by atoms with Crippen LogP contribution < -0.4 is 4.90 Å². The van der Waals surface area contributed by atoms with E-state index in [0.717, 1.165) is 55.9 Å². The fourth-order valence-corrected chi connectivity index (χ4v) is 3.14. The first-order valence-electron chi connectivity index (χ1n) is 8.16. The second-order valence-corrected chi connectivity index (χ2v) is 6.06. The van der Waals surface area contributed by atoms with Gasteiger partial charge in [0.2, 0.25) is 5.95 Å². The van der Waals surface area contributed by atoms with E-state index < -0.39 is 5.97 Å². The molecule has 1 unspecified atom stereocenters. The number of carboxylic acids is 1. The molecule has 1 atom stereocenters. The predicted octanol–water partition coefficient (Wildman–Crippen LogP) is 2.67. The molecule has 1 aromatic heterocycles. The van der Waals surface area contributed by atoms with Crippen molar-refractivity contribution in [3.05, 3.63) is 23.8 Å². The topological polar surface area (TPSA) is 67.6 Å². The number of fused-ring (bicyclic) bond motifs is 1. The molecule has 1 aliphatic rings. The Balaban J connectivity index is 1.87. The van der Waals surface area contributed by atoms with Gasteiger partial charge in [0.25, 0.3) is 0 Å². The molecular weight excluding hydrogens is 294 g/mol. The quantitative estimate of drug-likeness (QED) is 0.918. The molecule has 0 radical (unpaired) electrons. The van der Waals surface area contributed by atoms with E-state index in [2.05, 4.69) is 16.8 Å². The molecule has 0 aliphatic carbocycles. The second-order valence-electron chi connectivity index (χ2n) is 6.06. The lowest BCUT2D eigenvalue weighted by atomic mass is 10.1. The lowest BCUT2D eigenvalue weighted by Crippen LogP contribution is -2.41. The molecule has 2 heterocycles. The SMILES string of the molecule is CCCOC1CCCN(c2nc3cc(C(=O)O)ccc3n2C)C1. The number of piperidine rings is 1. The summed E-state index contributed by atoms with van der Waals surface area (Å²) >= 11 is 0. The van der Waals surface area contributed by atoms with Crippen molar-refractivity contribution >= 4 is 23.0 Å². The number of hydrogen-bond acceptors (Lipinski definition) is 4. The molecule has 124 valence electrons. The first kappa shape index (κ1) is 15.8. The van der Waals surface area contributed by atoms with E-state index in [9.17, 15) is 4.79 Å². The molecule has 0 saturated carbocycles. The molecule has 3 rings (SSSR count). The van der Waals surface area contributed by atoms with Gasteiger partial charge in [0, 0.05) is 26.7 Å². The maximum atomic E-state index is 11.1. The number of nitrogens with zero attached hydrogens (tertiary/aromatic N) is 3. The third-order valence-corrected chi connectivity index (χ3v) is 4.32. The average Bonchev–Trinajstić information content (AvgIpc) is 2.89. The standard InChI is InChI=1S/C17H23N3O3/c1-3-9-23-13-5-4-8-20(11-13)17-18-14-10-12(16(21)22)6-7-15(14)19(17)2/h6-7,10,13H,3-5,8-9,11H2,1-2H3,(H,21,22). The highest BCUT2D eigenvalue weighted by Crippen LogP contribution is 2.25. The molecule has 2 aromatic rings. The molecule has 0 amide bonds. The van der Waals surface area contributed by atoms with Crippen LogP contribution in [-0.2, 0) is 11.8 Å². The van der Waals surface area contributed by atoms with E-state index >= 15 is 0 Å². The Kier molecular flexibility index (Phi) is 4.52. The Hall–Kier alpha value is -2.08. The van der Waals surface area contributed by atoms with Crippen molar-refractivity contribution in [2.45, 2.75) is 32.3 Å². The van der Waals surface area contributed by atoms with Gasteiger partial charge in [-0.05, 0) is 37.5 Å². The van der Waals surface area contributed by atoms with Crippen molar-refractivity contribution < 1.29 is 14.6 Å². The summed E-state index contributed by atoms with van der Waals surface area (Å²) in [6.45, 7) is 4.70. The van der Waals surface area contributed by atoms with Gasteiger partial charge in [0.05, 0.1) is 22.7 Å². The van der Waals surface area contributed by atoms with E-state index in [4.69, 9.17) is 9.84 Å². The lowest BCUT2D eigenvalue weighted by Gasteiger charge is -2.33. The fraction of sp³-hybridized carbons (Fsp3) is 0.529. The molecule has 1 saturated heterocycles. The van der Waals surface area contributed by atoms with Crippen LogP contribution in [0.25, 0.3) is 11.0 Å². The third-order valence-electron chi connectivity index (χ3n) is 4.32. The van der Waals surface area contributed by atoms with E-state index in [1.807, 2.05) is 17.7 Å². The molecule has 1 N–H and O–H groups in total. The van der Waals surface area contributed by atoms with Crippen LogP contribution in [0.4, 0.5) is 5.95 Å². The van der Waals surface area contributed by atoms with E-state index in [-0.39, 0.29) is 11.7 Å². The van der Waals surface area contributed by atoms with Gasteiger partial charge in [-0.3, -0.25) is 0 Å². The van der Waals surface area contributed by atoms with Crippen LogP contribution in [0, 0.1) is 0 Å². The van der Waals surface area contributed by atoms with Crippen LogP contribution in [0.2, 0.25) is 0 Å². The van der Waals surface area contributed by atoms with Crippen molar-refractivity contribution in [3.8, 4) is 0 Å². The molecule has 6 nitrogen and oxygen atoms in total. The minimum absolute atomic E-state index is 0.248. The summed E-state index contributed by atoms with van der Waals surface area (Å²) < 4.78 is 7.92. The Morgan fingerprint density at radius 1 is 1.48 bits per heavy atom. The summed E-state index contributed by atoms with van der Waals surface area (Å²) in [5.41, 5.74) is 1.94. The average molecular weight is 317 g/mol. The summed E-state index contributed by atoms with van der Waals surface area (Å²) in [6.07, 6.45) is 3.44. The molecule has 23 heavy (non-hydrogen) atoms. The minimum atomic E-state index is -0.926. The maximum Gasteiger partial charge on any atom is 0.335 e. The van der Waals surface area contributed by atoms with Crippen molar-refractivity contribution in [2.75, 3.05) is 24.6 Å². The summed E-state index contributed by atoms with van der Waals surface area (Å²) in [5, 5.41) is 9.12. The Labute approximate surface area is 135 Å². The summed E-state index contributed by atoms with van der Waals surface area (Å²) in [4.78, 5) is 18.0. The second kappa shape index (κ2) is 6.58. The summed E-state index contributed by atoms with van der Waals surface area (Å²) in [6, 6.07) is 5.08. The fourth-order valence-electron chi connectivity index (χ4n) is 3.14. The molecule has 0 spiro atoms. The monoisotopic (exact) mass is 317 g/mol. The van der Waals surface area contributed by atoms with E-state index in [1.165, 1.54) is 0 Å². The van der Waals surface area contributed by atoms with E-state index in [1.54, 1.807) is 12.1 Å². The van der Waals surface area contributed by atoms with Gasteiger partial charge >= 0.3 is 5.97 Å². The van der Waals surface area contributed by atoms with Gasteiger partial charge in [-0.1, -0.05) is 6.92 Å². The van der Waals surface area contributed by atoms with Gasteiger partial charge in [-0.15, -0.1) is 0 Å². The van der Waals surface area contributed by atoms with Crippen LogP contribution in [0.3, 0.4) is 0 Å². The van der Waals surface area contributed by atoms with Gasteiger partial charge in [-0.2, -0.15) is 0 Å². The number of aryl methyl sites for hydroxylation is 1. The Morgan fingerprint density at radius 3 is 3.04 bits per heavy atom. The largest absolute Gasteiger partial charge is 0.478 e. The number of aromatic nitrogens is 2. The van der Waals surface area contributed by atoms with Crippen LogP contribution in [-0.4, -0.2) is 46.4 Å². The number of benzene rings is 1. The first-order chi connectivity index (χ1) is 11.1. The van der Waals surface area contributed by atoms with Crippen LogP contribution in [0.5, 0.6) is 0 Å². The Morgan fingerprint density at radius 2 is 2.30 bits per heavy atom. The minimum Gasteiger partial charge on any atom is -0.478 e. The van der Waals surface area contributed by atoms with Crippen LogP contribution in [0.15, 0.2) is 18.2 Å². The highest BCUT2D eigenvalue weighted by molar-refractivity contribution is 5.93. The molecule has 1 aromatic carbocycles. The van der Waals surface area contributed by atoms with Gasteiger partial charge < -0.3 is 19.3 Å². The smallest absolute Gasteiger partial charge is 0.335 e. The normalized spacial score (nSPS) is 18.5. The Bertz CT molecular complexity index is 710. The summed E-state index contributed by atoms with van der Waals surface area (Å²) in [5.74, 6) is -0.0440. The van der Waals surface area contributed by atoms with Crippen molar-refractivity contribution in [1.29, 1.82) is 0 Å². The molecular formula is C17H23N3O3.